The Morgan fingerprint density at radius 3 is 2.58 bits per heavy atom. The number of amides is 1. The minimum atomic E-state index is -0.166. The van der Waals surface area contributed by atoms with E-state index in [-0.39, 0.29) is 23.5 Å². The molecule has 2 saturated heterocycles. The molecule has 0 spiro atoms. The van der Waals surface area contributed by atoms with E-state index < -0.39 is 0 Å². The summed E-state index contributed by atoms with van der Waals surface area (Å²) >= 11 is 1.21. The number of nitrogens with one attached hydrogen (secondary N) is 1. The minimum absolute atomic E-state index is 0.0434. The third-order valence-electron chi connectivity index (χ3n) is 4.73. The second kappa shape index (κ2) is 7.69. The summed E-state index contributed by atoms with van der Waals surface area (Å²) in [5, 5.41) is 3.25. The lowest BCUT2D eigenvalue weighted by Crippen LogP contribution is -2.23. The molecule has 2 aromatic heterocycles. The topological polar surface area (TPSA) is 90.7 Å². The van der Waals surface area contributed by atoms with Crippen LogP contribution in [0.1, 0.15) is 28.9 Å². The molecule has 2 fully saturated rings. The van der Waals surface area contributed by atoms with E-state index in [1.54, 1.807) is 18.4 Å². The van der Waals surface area contributed by atoms with Crippen molar-refractivity contribution in [2.45, 2.75) is 19.3 Å². The third-order valence-corrected chi connectivity index (χ3v) is 5.71. The Morgan fingerprint density at radius 1 is 1.12 bits per heavy atom. The van der Waals surface area contributed by atoms with Gasteiger partial charge in [0.25, 0.3) is 0 Å². The molecule has 2 aliphatic rings. The number of hydrogen-bond donors (Lipinski definition) is 1. The normalized spacial score (nSPS) is 21.0. The van der Waals surface area contributed by atoms with Crippen molar-refractivity contribution in [3.05, 3.63) is 23.3 Å². The van der Waals surface area contributed by atoms with Crippen molar-refractivity contribution in [2.75, 3.05) is 31.7 Å². The van der Waals surface area contributed by atoms with Crippen LogP contribution in [0.3, 0.4) is 0 Å². The SMILES string of the molecule is O=C(Nc1nc(-c2ccco2)c(C(=O)C2CCOCC2)s1)C1CCOC1. The summed E-state index contributed by atoms with van der Waals surface area (Å²) in [5.41, 5.74) is 0.495. The zero-order valence-corrected chi connectivity index (χ0v) is 15.0. The second-order valence-electron chi connectivity index (χ2n) is 6.47. The highest BCUT2D eigenvalue weighted by molar-refractivity contribution is 7.18. The van der Waals surface area contributed by atoms with Crippen LogP contribution in [0.4, 0.5) is 5.13 Å². The Balaban J connectivity index is 1.60. The van der Waals surface area contributed by atoms with Gasteiger partial charge in [-0.05, 0) is 31.4 Å². The van der Waals surface area contributed by atoms with Gasteiger partial charge in [-0.15, -0.1) is 0 Å². The van der Waals surface area contributed by atoms with Crippen molar-refractivity contribution in [1.82, 2.24) is 4.98 Å². The number of nitrogens with zero attached hydrogens (tertiary/aromatic N) is 1. The molecule has 0 radical (unpaired) electrons. The number of carbonyl (C=O) groups excluding carboxylic acids is 2. The van der Waals surface area contributed by atoms with Crippen LogP contribution < -0.4 is 5.32 Å². The lowest BCUT2D eigenvalue weighted by molar-refractivity contribution is -0.119. The van der Waals surface area contributed by atoms with Gasteiger partial charge in [-0.2, -0.15) is 0 Å². The molecule has 1 unspecified atom stereocenters. The fourth-order valence-corrected chi connectivity index (χ4v) is 4.21. The van der Waals surface area contributed by atoms with Gasteiger partial charge >= 0.3 is 0 Å². The van der Waals surface area contributed by atoms with Gasteiger partial charge < -0.3 is 19.2 Å². The van der Waals surface area contributed by atoms with E-state index in [1.807, 2.05) is 0 Å². The first-order valence-corrected chi connectivity index (χ1v) is 9.59. The highest BCUT2D eigenvalue weighted by atomic mass is 32.1. The number of ketones is 1. The third kappa shape index (κ3) is 3.58. The average Bonchev–Trinajstić information content (AvgIpc) is 3.42. The monoisotopic (exact) mass is 376 g/mol. The molecule has 0 aromatic carbocycles. The van der Waals surface area contributed by atoms with Crippen LogP contribution in [-0.4, -0.2) is 43.1 Å². The summed E-state index contributed by atoms with van der Waals surface area (Å²) in [6, 6.07) is 3.53. The number of anilines is 1. The summed E-state index contributed by atoms with van der Waals surface area (Å²) in [6.45, 7) is 2.21. The Bertz CT molecular complexity index is 774. The van der Waals surface area contributed by atoms with E-state index in [1.165, 1.54) is 11.3 Å². The van der Waals surface area contributed by atoms with Gasteiger partial charge in [0, 0.05) is 25.7 Å². The van der Waals surface area contributed by atoms with Gasteiger partial charge in [0.15, 0.2) is 16.7 Å². The smallest absolute Gasteiger partial charge is 0.231 e. The van der Waals surface area contributed by atoms with Crippen molar-refractivity contribution in [3.63, 3.8) is 0 Å². The summed E-state index contributed by atoms with van der Waals surface area (Å²) in [7, 11) is 0. The van der Waals surface area contributed by atoms with Gasteiger partial charge in [-0.3, -0.25) is 9.59 Å². The van der Waals surface area contributed by atoms with Gasteiger partial charge in [0.1, 0.15) is 10.6 Å². The maximum Gasteiger partial charge on any atom is 0.231 e. The second-order valence-corrected chi connectivity index (χ2v) is 7.47. The van der Waals surface area contributed by atoms with Gasteiger partial charge in [0.2, 0.25) is 5.91 Å². The molecule has 138 valence electrons. The summed E-state index contributed by atoms with van der Waals surface area (Å²) in [4.78, 5) is 30.4. The van der Waals surface area contributed by atoms with E-state index in [0.717, 1.165) is 0 Å². The molecule has 1 atom stereocenters. The molecule has 0 saturated carbocycles. The maximum atomic E-state index is 13.0. The number of ether oxygens (including phenoxy) is 2. The average molecular weight is 376 g/mol. The fraction of sp³-hybridized carbons (Fsp3) is 0.500. The molecule has 0 bridgehead atoms. The van der Waals surface area contributed by atoms with Crippen LogP contribution in [0, 0.1) is 11.8 Å². The molecular formula is C18H20N2O5S. The van der Waals surface area contributed by atoms with E-state index >= 15 is 0 Å². The molecule has 2 aromatic rings. The molecule has 8 heteroatoms. The van der Waals surface area contributed by atoms with Crippen molar-refractivity contribution in [1.29, 1.82) is 0 Å². The van der Waals surface area contributed by atoms with Gasteiger partial charge in [-0.1, -0.05) is 11.3 Å². The van der Waals surface area contributed by atoms with Gasteiger partial charge in [0.05, 0.1) is 18.8 Å². The van der Waals surface area contributed by atoms with Crippen molar-refractivity contribution in [2.24, 2.45) is 11.8 Å². The van der Waals surface area contributed by atoms with Crippen LogP contribution in [0.15, 0.2) is 22.8 Å². The molecule has 26 heavy (non-hydrogen) atoms. The molecule has 1 amide bonds. The summed E-state index contributed by atoms with van der Waals surface area (Å²) in [6.07, 6.45) is 3.66. The molecule has 0 aliphatic carbocycles. The highest BCUT2D eigenvalue weighted by Gasteiger charge is 2.30. The number of carbonyl (C=O) groups is 2. The molecule has 4 rings (SSSR count). The Morgan fingerprint density at radius 2 is 1.88 bits per heavy atom. The van der Waals surface area contributed by atoms with E-state index in [9.17, 15) is 9.59 Å². The zero-order chi connectivity index (χ0) is 17.9. The fourth-order valence-electron chi connectivity index (χ4n) is 3.21. The Kier molecular flexibility index (Phi) is 5.14. The van der Waals surface area contributed by atoms with Crippen molar-refractivity contribution < 1.29 is 23.5 Å². The lowest BCUT2D eigenvalue weighted by atomic mass is 9.94. The Hall–Kier alpha value is -2.03. The predicted molar refractivity (Wildman–Crippen MR) is 95.2 cm³/mol. The first-order valence-electron chi connectivity index (χ1n) is 8.77. The predicted octanol–water partition coefficient (Wildman–Crippen LogP) is 2.99. The number of furan rings is 1. The quantitative estimate of drug-likeness (QED) is 0.807. The standard InChI is InChI=1S/C18H20N2O5S/c21-15(11-3-7-23-8-4-11)16-14(13-2-1-6-25-13)19-18(26-16)20-17(22)12-5-9-24-10-12/h1-2,6,11-12H,3-5,7-10H2,(H,19,20,22). The van der Waals surface area contributed by atoms with Crippen LogP contribution in [0.2, 0.25) is 0 Å². The van der Waals surface area contributed by atoms with Crippen LogP contribution in [-0.2, 0) is 14.3 Å². The van der Waals surface area contributed by atoms with Crippen LogP contribution >= 0.6 is 11.3 Å². The summed E-state index contributed by atoms with van der Waals surface area (Å²) < 4.78 is 16.1. The number of rotatable bonds is 5. The molecule has 1 N–H and O–H groups in total. The van der Waals surface area contributed by atoms with Crippen LogP contribution in [0.5, 0.6) is 0 Å². The zero-order valence-electron chi connectivity index (χ0n) is 14.2. The molecule has 7 nitrogen and oxygen atoms in total. The Labute approximate surface area is 154 Å². The number of Topliss-reactive ketones (excluding diaryl/α,β-unsaturated/α-hetero) is 1. The number of hydrogen-bond acceptors (Lipinski definition) is 7. The lowest BCUT2D eigenvalue weighted by Gasteiger charge is -2.20. The van der Waals surface area contributed by atoms with Gasteiger partial charge in [-0.25, -0.2) is 4.98 Å². The molecule has 2 aliphatic heterocycles. The molecule has 4 heterocycles. The first kappa shape index (κ1) is 17.4. The number of aromatic nitrogens is 1. The first-order chi connectivity index (χ1) is 12.7. The molecular weight excluding hydrogens is 356 g/mol. The largest absolute Gasteiger partial charge is 0.463 e. The van der Waals surface area contributed by atoms with E-state index in [4.69, 9.17) is 13.9 Å². The van der Waals surface area contributed by atoms with E-state index in [2.05, 4.69) is 10.3 Å². The number of thiazole rings is 1. The van der Waals surface area contributed by atoms with E-state index in [0.29, 0.717) is 67.2 Å². The minimum Gasteiger partial charge on any atom is -0.463 e. The van der Waals surface area contributed by atoms with Crippen molar-refractivity contribution in [3.8, 4) is 11.5 Å². The van der Waals surface area contributed by atoms with Crippen molar-refractivity contribution >= 4 is 28.2 Å². The highest BCUT2D eigenvalue weighted by Crippen LogP contribution is 2.35. The summed E-state index contributed by atoms with van der Waals surface area (Å²) in [5.74, 6) is 0.209. The maximum absolute atomic E-state index is 13.0. The van der Waals surface area contributed by atoms with Crippen LogP contribution in [0.25, 0.3) is 11.5 Å².